The van der Waals surface area contributed by atoms with Crippen molar-refractivity contribution >= 4 is 61.6 Å². The van der Waals surface area contributed by atoms with Gasteiger partial charge < -0.3 is 21.4 Å². The summed E-state index contributed by atoms with van der Waals surface area (Å²) in [5.74, 6) is 0. The highest BCUT2D eigenvalue weighted by atomic mass is 15.0. The fourth-order valence-corrected chi connectivity index (χ4v) is 9.83. The van der Waals surface area contributed by atoms with Gasteiger partial charge in [-0.1, -0.05) is 170 Å². The molecular formula is C57H48N4. The van der Waals surface area contributed by atoms with E-state index in [1.807, 2.05) is 13.0 Å². The Morgan fingerprint density at radius 2 is 1.34 bits per heavy atom. The molecule has 0 bridgehead atoms. The Labute approximate surface area is 357 Å². The van der Waals surface area contributed by atoms with Crippen LogP contribution in [0.3, 0.4) is 0 Å². The van der Waals surface area contributed by atoms with Crippen molar-refractivity contribution in [2.24, 2.45) is 5.73 Å². The summed E-state index contributed by atoms with van der Waals surface area (Å²) in [7, 11) is 0. The van der Waals surface area contributed by atoms with E-state index < -0.39 is 0 Å². The zero-order valence-corrected chi connectivity index (χ0v) is 34.6. The molecule has 0 radical (unpaired) electrons. The second-order valence-corrected chi connectivity index (χ2v) is 15.8. The summed E-state index contributed by atoms with van der Waals surface area (Å²) in [6.07, 6.45) is 22.9. The molecule has 4 heteroatoms. The minimum Gasteiger partial charge on any atom is -0.403 e. The maximum Gasteiger partial charge on any atom is 0.0775 e. The first-order chi connectivity index (χ1) is 30.1. The molecule has 2 aliphatic carbocycles. The lowest BCUT2D eigenvalue weighted by Gasteiger charge is -2.20. The summed E-state index contributed by atoms with van der Waals surface area (Å²) < 4.78 is 2.26. The fraction of sp³-hybridized carbons (Fsp3) is 0.0877. The average Bonchev–Trinajstić information content (AvgIpc) is 3.82. The van der Waals surface area contributed by atoms with Crippen LogP contribution in [0.15, 0.2) is 176 Å². The van der Waals surface area contributed by atoms with Crippen LogP contribution in [-0.4, -0.2) is 11.1 Å². The van der Waals surface area contributed by atoms with E-state index >= 15 is 0 Å². The molecule has 0 unspecified atom stereocenters. The van der Waals surface area contributed by atoms with Gasteiger partial charge in [-0.2, -0.15) is 0 Å². The van der Waals surface area contributed by atoms with Crippen LogP contribution in [0, 0.1) is 0 Å². The van der Waals surface area contributed by atoms with Gasteiger partial charge in [-0.3, -0.25) is 0 Å². The Balaban J connectivity index is 1.05. The van der Waals surface area contributed by atoms with Crippen LogP contribution < -0.4 is 16.8 Å². The van der Waals surface area contributed by atoms with Crippen molar-refractivity contribution in [3.8, 4) is 44.5 Å². The van der Waals surface area contributed by atoms with Crippen molar-refractivity contribution in [1.29, 1.82) is 0 Å². The molecule has 8 aromatic rings. The minimum absolute atomic E-state index is 0.610. The highest BCUT2D eigenvalue weighted by molar-refractivity contribution is 6.28. The third-order valence-electron chi connectivity index (χ3n) is 12.3. The summed E-state index contributed by atoms with van der Waals surface area (Å²) in [6.45, 7) is 4.71. The average molecular weight is 789 g/mol. The van der Waals surface area contributed by atoms with E-state index in [1.165, 1.54) is 82.9 Å². The lowest BCUT2D eigenvalue weighted by molar-refractivity contribution is 0.899. The molecule has 0 atom stereocenters. The zero-order valence-electron chi connectivity index (χ0n) is 34.6. The van der Waals surface area contributed by atoms with Gasteiger partial charge in [-0.05, 0) is 116 Å². The van der Waals surface area contributed by atoms with Gasteiger partial charge in [-0.25, -0.2) is 0 Å². The van der Waals surface area contributed by atoms with Crippen LogP contribution in [0.25, 0.3) is 100 Å². The van der Waals surface area contributed by atoms with E-state index in [9.17, 15) is 0 Å². The molecule has 0 fully saturated rings. The SMILES string of the molecule is C/C=C\C(=C/NC/C=C\C(=C/N)n1c2c(c3ccc(/C=C\C)c(N)c31)C=CCC2)c1ccc2c3c(cccc13)-c1c-2c(-c2ccccc2)c2ccccc2c1-c1ccccc1. The topological polar surface area (TPSA) is 69.0 Å². The molecule has 7 aromatic carbocycles. The first-order valence-electron chi connectivity index (χ1n) is 21.3. The Bertz CT molecular complexity index is 3110. The van der Waals surface area contributed by atoms with E-state index in [0.29, 0.717) is 6.54 Å². The molecule has 1 aromatic heterocycles. The summed E-state index contributed by atoms with van der Waals surface area (Å²) in [4.78, 5) is 0. The van der Waals surface area contributed by atoms with Crippen molar-refractivity contribution in [1.82, 2.24) is 9.88 Å². The predicted octanol–water partition coefficient (Wildman–Crippen LogP) is 14.0. The number of aromatic nitrogens is 1. The Morgan fingerprint density at radius 3 is 2.02 bits per heavy atom. The van der Waals surface area contributed by atoms with E-state index in [4.69, 9.17) is 11.5 Å². The number of benzene rings is 7. The zero-order chi connectivity index (χ0) is 41.5. The van der Waals surface area contributed by atoms with Crippen molar-refractivity contribution in [2.75, 3.05) is 12.3 Å². The molecule has 4 nitrogen and oxygen atoms in total. The molecule has 0 spiro atoms. The number of rotatable bonds is 10. The van der Waals surface area contributed by atoms with Crippen molar-refractivity contribution in [3.63, 3.8) is 0 Å². The van der Waals surface area contributed by atoms with E-state index in [0.717, 1.165) is 46.3 Å². The van der Waals surface area contributed by atoms with Gasteiger partial charge in [0.2, 0.25) is 0 Å². The van der Waals surface area contributed by atoms with Crippen molar-refractivity contribution in [3.05, 3.63) is 199 Å². The van der Waals surface area contributed by atoms with E-state index in [-0.39, 0.29) is 0 Å². The molecule has 0 saturated carbocycles. The summed E-state index contributed by atoms with van der Waals surface area (Å²) in [5.41, 5.74) is 31.9. The quantitative estimate of drug-likeness (QED) is 0.0734. The molecular weight excluding hydrogens is 741 g/mol. The van der Waals surface area contributed by atoms with Gasteiger partial charge in [0.15, 0.2) is 0 Å². The largest absolute Gasteiger partial charge is 0.403 e. The molecule has 5 N–H and O–H groups in total. The van der Waals surface area contributed by atoms with Crippen molar-refractivity contribution < 1.29 is 0 Å². The lowest BCUT2D eigenvalue weighted by atomic mass is 9.82. The molecule has 10 rings (SSSR count). The second kappa shape index (κ2) is 15.9. The Morgan fingerprint density at radius 1 is 0.672 bits per heavy atom. The van der Waals surface area contributed by atoms with Crippen LogP contribution in [0.2, 0.25) is 0 Å². The van der Waals surface area contributed by atoms with Crippen LogP contribution in [0.1, 0.15) is 42.7 Å². The number of anilines is 1. The monoisotopic (exact) mass is 788 g/mol. The van der Waals surface area contributed by atoms with Gasteiger partial charge in [0.1, 0.15) is 0 Å². The number of allylic oxidation sites excluding steroid dienone is 7. The summed E-state index contributed by atoms with van der Waals surface area (Å²) in [6, 6.07) is 46.5. The fourth-order valence-electron chi connectivity index (χ4n) is 9.83. The summed E-state index contributed by atoms with van der Waals surface area (Å²) >= 11 is 0. The van der Waals surface area contributed by atoms with Gasteiger partial charge in [0.05, 0.1) is 16.9 Å². The third-order valence-corrected chi connectivity index (χ3v) is 12.3. The van der Waals surface area contributed by atoms with E-state index in [1.54, 1.807) is 6.20 Å². The molecule has 1 heterocycles. The standard InChI is InChI=1S/C57H48N4/c1-3-17-39-30-31-47-43-24-13-14-29-50(43)61(57(47)56(39)59)41(35-58)23-16-34-60-36-40(18-4-2)42-32-33-49-53-44(42)27-15-28-48(53)54-51(37-19-7-5-8-20-37)45-25-11-12-26-46(45)52(55(49)54)38-21-9-6-10-22-38/h3-13,15-28,30-33,35-36,60H,14,29,34,58-59H2,1-2H3/b17-3-,18-4-,23-16-,40-36+,41-35+. The Hall–Kier alpha value is -7.56. The van der Waals surface area contributed by atoms with Crippen LogP contribution in [0.5, 0.6) is 0 Å². The number of hydrogen-bond acceptors (Lipinski definition) is 3. The highest BCUT2D eigenvalue weighted by Crippen LogP contribution is 2.58. The minimum atomic E-state index is 0.610. The number of hydrogen-bond donors (Lipinski definition) is 3. The molecule has 61 heavy (non-hydrogen) atoms. The maximum absolute atomic E-state index is 6.87. The van der Waals surface area contributed by atoms with Crippen LogP contribution >= 0.6 is 0 Å². The molecule has 0 amide bonds. The molecule has 2 aliphatic rings. The van der Waals surface area contributed by atoms with E-state index in [2.05, 4.69) is 193 Å². The van der Waals surface area contributed by atoms with Crippen LogP contribution in [-0.2, 0) is 6.42 Å². The van der Waals surface area contributed by atoms with Gasteiger partial charge >= 0.3 is 0 Å². The number of nitrogen functional groups attached to an aromatic ring is 1. The van der Waals surface area contributed by atoms with Gasteiger partial charge in [0, 0.05) is 35.6 Å². The number of fused-ring (bicyclic) bond motifs is 7. The molecule has 296 valence electrons. The van der Waals surface area contributed by atoms with Gasteiger partial charge in [0.25, 0.3) is 0 Å². The first-order valence-corrected chi connectivity index (χ1v) is 21.3. The van der Waals surface area contributed by atoms with Crippen molar-refractivity contribution in [2.45, 2.75) is 26.7 Å². The smallest absolute Gasteiger partial charge is 0.0775 e. The maximum atomic E-state index is 6.87. The highest BCUT2D eigenvalue weighted by Gasteiger charge is 2.31. The van der Waals surface area contributed by atoms with Crippen LogP contribution in [0.4, 0.5) is 5.69 Å². The lowest BCUT2D eigenvalue weighted by Crippen LogP contribution is -2.08. The molecule has 0 aliphatic heterocycles. The summed E-state index contributed by atoms with van der Waals surface area (Å²) in [5, 5.41) is 9.82. The predicted molar refractivity (Wildman–Crippen MR) is 264 cm³/mol. The third kappa shape index (κ3) is 6.22. The number of nitrogens with zero attached hydrogens (tertiary/aromatic N) is 1. The number of nitrogens with two attached hydrogens (primary N) is 2. The second-order valence-electron chi connectivity index (χ2n) is 15.8. The normalized spacial score (nSPS) is 13.7. The molecule has 0 saturated heterocycles. The van der Waals surface area contributed by atoms with Gasteiger partial charge in [-0.15, -0.1) is 0 Å². The first kappa shape index (κ1) is 37.7. The Kier molecular flexibility index (Phi) is 9.82. The number of nitrogens with one attached hydrogen (secondary N) is 1.